The molecule has 5 heteroatoms. The van der Waals surface area contributed by atoms with Crippen molar-refractivity contribution in [1.29, 1.82) is 0 Å². The van der Waals surface area contributed by atoms with E-state index in [0.717, 1.165) is 29.7 Å². The van der Waals surface area contributed by atoms with Gasteiger partial charge in [-0.15, -0.1) is 23.1 Å². The Kier molecular flexibility index (Phi) is 4.03. The summed E-state index contributed by atoms with van der Waals surface area (Å²) < 4.78 is 1.13. The van der Waals surface area contributed by atoms with Crippen molar-refractivity contribution in [2.75, 3.05) is 6.54 Å². The van der Waals surface area contributed by atoms with Crippen LogP contribution < -0.4 is 5.32 Å². The molecular formula is C13H13BrN2S2. The Morgan fingerprint density at radius 1 is 1.33 bits per heavy atom. The number of nitrogens with one attached hydrogen (secondary N) is 1. The number of halogens is 1. The van der Waals surface area contributed by atoms with E-state index in [2.05, 4.69) is 45.5 Å². The molecule has 1 aliphatic heterocycles. The van der Waals surface area contributed by atoms with Crippen molar-refractivity contribution in [3.8, 4) is 0 Å². The molecule has 0 spiro atoms. The quantitative estimate of drug-likeness (QED) is 0.859. The largest absolute Gasteiger partial charge is 0.311 e. The monoisotopic (exact) mass is 340 g/mol. The first kappa shape index (κ1) is 12.7. The molecule has 0 bridgehead atoms. The van der Waals surface area contributed by atoms with Crippen LogP contribution in [0.1, 0.15) is 15.6 Å². The van der Waals surface area contributed by atoms with Gasteiger partial charge in [-0.05, 0) is 24.3 Å². The summed E-state index contributed by atoms with van der Waals surface area (Å²) in [5, 5.41) is 4.64. The van der Waals surface area contributed by atoms with Crippen LogP contribution >= 0.6 is 39.0 Å². The van der Waals surface area contributed by atoms with Crippen molar-refractivity contribution in [2.24, 2.45) is 0 Å². The number of benzene rings is 1. The van der Waals surface area contributed by atoms with Crippen LogP contribution in [-0.2, 0) is 18.7 Å². The Labute approximate surface area is 123 Å². The van der Waals surface area contributed by atoms with Crippen LogP contribution in [0, 0.1) is 0 Å². The minimum absolute atomic E-state index is 0.972. The molecule has 1 N–H and O–H groups in total. The highest BCUT2D eigenvalue weighted by molar-refractivity contribution is 9.10. The SMILES string of the molecule is Brc1ccc(SCc2nc3c(s2)CNCC3)cc1. The van der Waals surface area contributed by atoms with Crippen LogP contribution in [0.5, 0.6) is 0 Å². The highest BCUT2D eigenvalue weighted by atomic mass is 79.9. The Bertz CT molecular complexity index is 513. The first-order valence-electron chi connectivity index (χ1n) is 5.88. The number of rotatable bonds is 3. The lowest BCUT2D eigenvalue weighted by molar-refractivity contribution is 0.643. The summed E-state index contributed by atoms with van der Waals surface area (Å²) in [5.41, 5.74) is 1.31. The number of nitrogens with zero attached hydrogens (tertiary/aromatic N) is 1. The summed E-state index contributed by atoms with van der Waals surface area (Å²) in [6.07, 6.45) is 1.08. The maximum absolute atomic E-state index is 4.73. The van der Waals surface area contributed by atoms with Gasteiger partial charge in [-0.1, -0.05) is 15.9 Å². The summed E-state index contributed by atoms with van der Waals surface area (Å²) in [4.78, 5) is 7.45. The zero-order valence-electron chi connectivity index (χ0n) is 9.78. The van der Waals surface area contributed by atoms with E-state index in [1.807, 2.05) is 23.1 Å². The number of thioether (sulfide) groups is 1. The third kappa shape index (κ3) is 2.96. The molecule has 0 atom stereocenters. The highest BCUT2D eigenvalue weighted by Crippen LogP contribution is 2.28. The van der Waals surface area contributed by atoms with E-state index in [1.54, 1.807) is 0 Å². The fourth-order valence-corrected chi connectivity index (χ4v) is 4.16. The molecule has 2 nitrogen and oxygen atoms in total. The van der Waals surface area contributed by atoms with Gasteiger partial charge in [0.2, 0.25) is 0 Å². The van der Waals surface area contributed by atoms with Gasteiger partial charge in [0.05, 0.1) is 11.4 Å². The van der Waals surface area contributed by atoms with Gasteiger partial charge in [0, 0.05) is 33.8 Å². The fraction of sp³-hybridized carbons (Fsp3) is 0.308. The molecule has 1 aromatic heterocycles. The lowest BCUT2D eigenvalue weighted by atomic mass is 10.2. The fourth-order valence-electron chi connectivity index (χ4n) is 1.92. The summed E-state index contributed by atoms with van der Waals surface area (Å²) in [5.74, 6) is 0.972. The smallest absolute Gasteiger partial charge is 0.103 e. The molecule has 0 amide bonds. The average molecular weight is 341 g/mol. The number of fused-ring (bicyclic) bond motifs is 1. The molecule has 0 saturated carbocycles. The maximum Gasteiger partial charge on any atom is 0.103 e. The van der Waals surface area contributed by atoms with Crippen molar-refractivity contribution < 1.29 is 0 Å². The van der Waals surface area contributed by atoms with Crippen LogP contribution in [-0.4, -0.2) is 11.5 Å². The van der Waals surface area contributed by atoms with E-state index < -0.39 is 0 Å². The topological polar surface area (TPSA) is 24.9 Å². The van der Waals surface area contributed by atoms with Gasteiger partial charge in [-0.25, -0.2) is 4.98 Å². The Morgan fingerprint density at radius 2 is 2.17 bits per heavy atom. The Morgan fingerprint density at radius 3 is 2.94 bits per heavy atom. The van der Waals surface area contributed by atoms with Gasteiger partial charge >= 0.3 is 0 Å². The van der Waals surface area contributed by atoms with Crippen LogP contribution in [0.25, 0.3) is 0 Å². The van der Waals surface area contributed by atoms with E-state index in [4.69, 9.17) is 4.98 Å². The predicted molar refractivity (Wildman–Crippen MR) is 81.2 cm³/mol. The first-order valence-corrected chi connectivity index (χ1v) is 8.47. The van der Waals surface area contributed by atoms with E-state index in [0.29, 0.717) is 0 Å². The second-order valence-corrected chi connectivity index (χ2v) is 7.28. The Hall–Kier alpha value is -0.360. The van der Waals surface area contributed by atoms with Gasteiger partial charge in [-0.2, -0.15) is 0 Å². The summed E-state index contributed by atoms with van der Waals surface area (Å²) in [6, 6.07) is 8.45. The lowest BCUT2D eigenvalue weighted by Gasteiger charge is -2.09. The molecule has 2 heterocycles. The van der Waals surface area contributed by atoms with Crippen molar-refractivity contribution in [3.05, 3.63) is 44.3 Å². The van der Waals surface area contributed by atoms with Crippen LogP contribution in [0.15, 0.2) is 33.6 Å². The minimum Gasteiger partial charge on any atom is -0.311 e. The van der Waals surface area contributed by atoms with Crippen molar-refractivity contribution >= 4 is 39.0 Å². The second-order valence-electron chi connectivity index (χ2n) is 4.15. The van der Waals surface area contributed by atoms with Crippen molar-refractivity contribution in [3.63, 3.8) is 0 Å². The van der Waals surface area contributed by atoms with Gasteiger partial charge in [0.15, 0.2) is 0 Å². The third-order valence-corrected chi connectivity index (χ3v) is 5.65. The van der Waals surface area contributed by atoms with Gasteiger partial charge in [-0.3, -0.25) is 0 Å². The molecule has 94 valence electrons. The number of aromatic nitrogens is 1. The molecule has 0 fully saturated rings. The molecule has 2 aromatic rings. The molecule has 1 aliphatic rings. The molecule has 0 radical (unpaired) electrons. The molecule has 0 aliphatic carbocycles. The summed E-state index contributed by atoms with van der Waals surface area (Å²) in [6.45, 7) is 2.06. The van der Waals surface area contributed by atoms with Crippen LogP contribution in [0.2, 0.25) is 0 Å². The van der Waals surface area contributed by atoms with E-state index in [-0.39, 0.29) is 0 Å². The van der Waals surface area contributed by atoms with E-state index in [1.165, 1.54) is 20.5 Å². The molecule has 1 aromatic carbocycles. The number of hydrogen-bond acceptors (Lipinski definition) is 4. The van der Waals surface area contributed by atoms with Crippen LogP contribution in [0.4, 0.5) is 0 Å². The molecule has 0 saturated heterocycles. The van der Waals surface area contributed by atoms with Crippen molar-refractivity contribution in [2.45, 2.75) is 23.6 Å². The minimum atomic E-state index is 0.972. The zero-order valence-corrected chi connectivity index (χ0v) is 13.0. The van der Waals surface area contributed by atoms with E-state index >= 15 is 0 Å². The summed E-state index contributed by atoms with van der Waals surface area (Å²) >= 11 is 7.16. The highest BCUT2D eigenvalue weighted by Gasteiger charge is 2.14. The second kappa shape index (κ2) is 5.74. The lowest BCUT2D eigenvalue weighted by Crippen LogP contribution is -2.22. The summed E-state index contributed by atoms with van der Waals surface area (Å²) in [7, 11) is 0. The normalized spacial score (nSPS) is 14.5. The number of thiazole rings is 1. The standard InChI is InChI=1S/C13H13BrN2S2/c14-9-1-3-10(4-2-9)17-8-13-16-11-5-6-15-7-12(11)18-13/h1-4,15H,5-8H2. The molecule has 3 rings (SSSR count). The van der Waals surface area contributed by atoms with Gasteiger partial charge in [0.1, 0.15) is 5.01 Å². The first-order chi connectivity index (χ1) is 8.81. The van der Waals surface area contributed by atoms with Crippen molar-refractivity contribution in [1.82, 2.24) is 10.3 Å². The number of hydrogen-bond donors (Lipinski definition) is 1. The van der Waals surface area contributed by atoms with Crippen LogP contribution in [0.3, 0.4) is 0 Å². The van der Waals surface area contributed by atoms with Gasteiger partial charge in [0.25, 0.3) is 0 Å². The zero-order chi connectivity index (χ0) is 12.4. The third-order valence-electron chi connectivity index (χ3n) is 2.82. The van der Waals surface area contributed by atoms with E-state index in [9.17, 15) is 0 Å². The average Bonchev–Trinajstić information content (AvgIpc) is 2.81. The van der Waals surface area contributed by atoms with Gasteiger partial charge < -0.3 is 5.32 Å². The molecular weight excluding hydrogens is 328 g/mol. The Balaban J connectivity index is 1.66. The maximum atomic E-state index is 4.73. The molecule has 0 unspecified atom stereocenters. The predicted octanol–water partition coefficient (Wildman–Crippen LogP) is 3.84. The molecule has 18 heavy (non-hydrogen) atoms.